The van der Waals surface area contributed by atoms with E-state index in [4.69, 9.17) is 4.74 Å². The average Bonchev–Trinajstić information content (AvgIpc) is 3.03. The molecule has 1 N–H and O–H groups in total. The first-order chi connectivity index (χ1) is 11.6. The maximum absolute atomic E-state index is 12.5. The lowest BCUT2D eigenvalue weighted by atomic mass is 9.95. The summed E-state index contributed by atoms with van der Waals surface area (Å²) in [5.41, 5.74) is 2.32. The van der Waals surface area contributed by atoms with Crippen molar-refractivity contribution in [2.75, 3.05) is 18.7 Å². The molecule has 0 bridgehead atoms. The van der Waals surface area contributed by atoms with Gasteiger partial charge in [-0.3, -0.25) is 0 Å². The second kappa shape index (κ2) is 6.98. The van der Waals surface area contributed by atoms with Crippen molar-refractivity contribution in [1.29, 1.82) is 0 Å². The Balaban J connectivity index is 2.21. The summed E-state index contributed by atoms with van der Waals surface area (Å²) in [6.07, 6.45) is 2.59. The Labute approximate surface area is 152 Å². The summed E-state index contributed by atoms with van der Waals surface area (Å²) in [4.78, 5) is 17.0. The summed E-state index contributed by atoms with van der Waals surface area (Å²) in [5.74, 6) is 0.274. The molecule has 1 aromatic carbocycles. The number of aromatic nitrogens is 3. The number of nitrogens with one attached hydrogen (secondary N) is 1. The molecule has 2 heterocycles. The number of fused-ring (bicyclic) bond motifs is 1. The topological polar surface area (TPSA) is 69.0 Å². The van der Waals surface area contributed by atoms with Gasteiger partial charge in [-0.15, -0.1) is 5.10 Å². The van der Waals surface area contributed by atoms with Gasteiger partial charge in [0.25, 0.3) is 0 Å². The van der Waals surface area contributed by atoms with Crippen LogP contribution in [0.25, 0.3) is 0 Å². The second-order valence-electron chi connectivity index (χ2n) is 5.18. The number of allylic oxidation sites excluding steroid dienone is 1. The Bertz CT molecular complexity index is 801. The quantitative estimate of drug-likeness (QED) is 0.615. The van der Waals surface area contributed by atoms with Crippen LogP contribution in [0.5, 0.6) is 0 Å². The molecule has 1 aliphatic rings. The highest BCUT2D eigenvalue weighted by Gasteiger charge is 2.35. The minimum atomic E-state index is -0.370. The molecule has 0 amide bonds. The lowest BCUT2D eigenvalue weighted by molar-refractivity contribution is -0.136. The van der Waals surface area contributed by atoms with Crippen molar-refractivity contribution < 1.29 is 9.53 Å². The number of esters is 1. The number of carbonyl (C=O) groups is 1. The van der Waals surface area contributed by atoms with E-state index in [9.17, 15) is 4.79 Å². The van der Waals surface area contributed by atoms with Gasteiger partial charge in [0.1, 0.15) is 6.04 Å². The molecule has 1 atom stereocenters. The van der Waals surface area contributed by atoms with E-state index in [-0.39, 0.29) is 12.0 Å². The fraction of sp³-hybridized carbons (Fsp3) is 0.312. The summed E-state index contributed by atoms with van der Waals surface area (Å²) in [6, 6.07) is 7.47. The minimum absolute atomic E-state index is 0.362. The molecule has 0 fully saturated rings. The van der Waals surface area contributed by atoms with Gasteiger partial charge in [0, 0.05) is 10.2 Å². The first-order valence-corrected chi connectivity index (χ1v) is 9.45. The van der Waals surface area contributed by atoms with Crippen molar-refractivity contribution >= 4 is 39.6 Å². The van der Waals surface area contributed by atoms with Gasteiger partial charge in [-0.05, 0) is 30.4 Å². The van der Waals surface area contributed by atoms with Crippen molar-refractivity contribution in [2.24, 2.45) is 0 Å². The number of nitrogens with zero attached hydrogens (tertiary/aromatic N) is 3. The lowest BCUT2D eigenvalue weighted by Crippen LogP contribution is -2.30. The largest absolute Gasteiger partial charge is 0.466 e. The molecule has 0 aliphatic carbocycles. The summed E-state index contributed by atoms with van der Waals surface area (Å²) < 4.78 is 7.76. The Kier molecular flexibility index (Phi) is 4.96. The van der Waals surface area contributed by atoms with E-state index in [1.807, 2.05) is 37.4 Å². The molecule has 0 spiro atoms. The smallest absolute Gasteiger partial charge is 0.338 e. The van der Waals surface area contributed by atoms with Crippen molar-refractivity contribution in [1.82, 2.24) is 14.8 Å². The maximum atomic E-state index is 12.5. The molecule has 6 nitrogen and oxygen atoms in total. The van der Waals surface area contributed by atoms with Crippen LogP contribution in [0, 0.1) is 0 Å². The van der Waals surface area contributed by atoms with Crippen molar-refractivity contribution in [3.8, 4) is 0 Å². The molecule has 126 valence electrons. The van der Waals surface area contributed by atoms with Gasteiger partial charge in [0.15, 0.2) is 0 Å². The molecule has 0 unspecified atom stereocenters. The zero-order valence-electron chi connectivity index (χ0n) is 13.5. The standard InChI is InChI=1S/C16H17BrN4O2S/c1-4-11-12(14(22)23-2)13(9-5-7-10(17)8-6-9)21-15(18-11)19-16(20-21)24-3/h5-8,13H,4H2,1-3H3,(H,18,19,20)/t13-/m1/s1. The van der Waals surface area contributed by atoms with E-state index < -0.39 is 0 Å². The van der Waals surface area contributed by atoms with Crippen LogP contribution in [-0.2, 0) is 9.53 Å². The zero-order valence-corrected chi connectivity index (χ0v) is 15.9. The predicted molar refractivity (Wildman–Crippen MR) is 97.0 cm³/mol. The number of rotatable bonds is 4. The molecule has 3 rings (SSSR count). The fourth-order valence-corrected chi connectivity index (χ4v) is 3.33. The molecule has 0 saturated carbocycles. The number of hydrogen-bond donors (Lipinski definition) is 1. The van der Waals surface area contributed by atoms with Crippen molar-refractivity contribution in [2.45, 2.75) is 24.5 Å². The average molecular weight is 409 g/mol. The molecular weight excluding hydrogens is 392 g/mol. The first-order valence-electron chi connectivity index (χ1n) is 7.43. The SMILES string of the molecule is CCC1=C(C(=O)OC)[C@@H](c2ccc(Br)cc2)n2nc(SC)nc2N1. The van der Waals surface area contributed by atoms with E-state index in [0.717, 1.165) is 15.7 Å². The number of halogens is 1. The van der Waals surface area contributed by atoms with E-state index in [0.29, 0.717) is 23.1 Å². The predicted octanol–water partition coefficient (Wildman–Crippen LogP) is 3.61. The van der Waals surface area contributed by atoms with Gasteiger partial charge < -0.3 is 10.1 Å². The normalized spacial score (nSPS) is 16.6. The van der Waals surface area contributed by atoms with Crippen molar-refractivity contribution in [3.63, 3.8) is 0 Å². The van der Waals surface area contributed by atoms with Crippen LogP contribution in [0.3, 0.4) is 0 Å². The van der Waals surface area contributed by atoms with Crippen LogP contribution in [-0.4, -0.2) is 34.1 Å². The highest BCUT2D eigenvalue weighted by Crippen LogP contribution is 2.37. The third kappa shape index (κ3) is 2.95. The molecule has 24 heavy (non-hydrogen) atoms. The minimum Gasteiger partial charge on any atom is -0.466 e. The van der Waals surface area contributed by atoms with Gasteiger partial charge >= 0.3 is 5.97 Å². The van der Waals surface area contributed by atoms with E-state index in [2.05, 4.69) is 31.3 Å². The van der Waals surface area contributed by atoms with Gasteiger partial charge in [0.05, 0.1) is 12.7 Å². The summed E-state index contributed by atoms with van der Waals surface area (Å²) in [7, 11) is 1.39. The molecule has 1 aromatic heterocycles. The van der Waals surface area contributed by atoms with Gasteiger partial charge in [-0.1, -0.05) is 46.7 Å². The second-order valence-corrected chi connectivity index (χ2v) is 6.87. The van der Waals surface area contributed by atoms with Gasteiger partial charge in [-0.2, -0.15) is 4.98 Å². The van der Waals surface area contributed by atoms with Gasteiger partial charge in [-0.25, -0.2) is 9.48 Å². The summed E-state index contributed by atoms with van der Waals surface area (Å²) in [6.45, 7) is 1.99. The number of ether oxygens (including phenoxy) is 1. The number of hydrogen-bond acceptors (Lipinski definition) is 6. The van der Waals surface area contributed by atoms with Crippen LogP contribution >= 0.6 is 27.7 Å². The van der Waals surface area contributed by atoms with E-state index in [1.165, 1.54) is 18.9 Å². The van der Waals surface area contributed by atoms with Gasteiger partial charge in [0.2, 0.25) is 11.1 Å². The van der Waals surface area contributed by atoms with E-state index in [1.54, 1.807) is 4.68 Å². The zero-order chi connectivity index (χ0) is 17.3. The summed E-state index contributed by atoms with van der Waals surface area (Å²) in [5, 5.41) is 8.41. The lowest BCUT2D eigenvalue weighted by Gasteiger charge is -2.28. The first kappa shape index (κ1) is 17.0. The number of benzene rings is 1. The molecule has 0 radical (unpaired) electrons. The van der Waals surface area contributed by atoms with Crippen LogP contribution in [0.2, 0.25) is 0 Å². The third-order valence-corrected chi connectivity index (χ3v) is 4.91. The van der Waals surface area contributed by atoms with E-state index >= 15 is 0 Å². The highest BCUT2D eigenvalue weighted by atomic mass is 79.9. The fourth-order valence-electron chi connectivity index (χ4n) is 2.72. The number of carbonyl (C=O) groups excluding carboxylic acids is 1. The Hall–Kier alpha value is -1.80. The molecule has 2 aromatic rings. The maximum Gasteiger partial charge on any atom is 0.338 e. The highest BCUT2D eigenvalue weighted by molar-refractivity contribution is 9.10. The molecule has 8 heteroatoms. The van der Waals surface area contributed by atoms with Crippen LogP contribution in [0.4, 0.5) is 5.95 Å². The van der Waals surface area contributed by atoms with Crippen molar-refractivity contribution in [3.05, 3.63) is 45.6 Å². The monoisotopic (exact) mass is 408 g/mol. The Morgan fingerprint density at radius 2 is 2.12 bits per heavy atom. The number of thioether (sulfide) groups is 1. The van der Waals surface area contributed by atoms with Crippen LogP contribution in [0.1, 0.15) is 24.9 Å². The van der Waals surface area contributed by atoms with Crippen LogP contribution in [0.15, 0.2) is 45.2 Å². The Morgan fingerprint density at radius 3 is 2.71 bits per heavy atom. The third-order valence-electron chi connectivity index (χ3n) is 3.84. The Morgan fingerprint density at radius 1 is 1.42 bits per heavy atom. The molecule has 0 saturated heterocycles. The summed E-state index contributed by atoms with van der Waals surface area (Å²) >= 11 is 4.91. The molecule has 1 aliphatic heterocycles. The number of methoxy groups -OCH3 is 1. The molecular formula is C16H17BrN4O2S. The van der Waals surface area contributed by atoms with Crippen LogP contribution < -0.4 is 5.32 Å². The number of anilines is 1.